The quantitative estimate of drug-likeness (QED) is 0.337. The lowest BCUT2D eigenvalue weighted by Crippen LogP contribution is -2.08. The van der Waals surface area contributed by atoms with Crippen LogP contribution in [0.15, 0.2) is 42.5 Å². The Morgan fingerprint density at radius 3 is 2.35 bits per heavy atom. The molecule has 1 heterocycles. The number of hydrogen-bond acceptors (Lipinski definition) is 4. The van der Waals surface area contributed by atoms with Gasteiger partial charge in [-0.2, -0.15) is 13.2 Å². The number of rotatable bonds is 9. The van der Waals surface area contributed by atoms with Gasteiger partial charge in [-0.3, -0.25) is 4.79 Å². The van der Waals surface area contributed by atoms with E-state index < -0.39 is 17.7 Å². The molecule has 0 fully saturated rings. The maximum Gasteiger partial charge on any atom is 0.416 e. The summed E-state index contributed by atoms with van der Waals surface area (Å²) < 4.78 is 44.7. The number of carboxylic acid groups (broad SMARTS) is 1. The van der Waals surface area contributed by atoms with Gasteiger partial charge in [-0.1, -0.05) is 39.0 Å². The normalized spacial score (nSPS) is 12.7. The summed E-state index contributed by atoms with van der Waals surface area (Å²) in [5.74, 6) is 0.0782. The lowest BCUT2D eigenvalue weighted by molar-refractivity contribution is -0.138. The van der Waals surface area contributed by atoms with Crippen molar-refractivity contribution < 1.29 is 27.8 Å². The standard InChI is InChI=1S/C26H28F3NO3S/c1-15(2)23-24(34-25(30-23)19-5-9-20(10-6-19)26(27,28)29)17(4)14-33-21-11-7-18(16(3)13-21)8-12-22(31)32/h5-7,9-11,13,15,17H,8,12,14H2,1-4H3,(H,31,32). The Kier molecular flexibility index (Phi) is 8.02. The molecule has 182 valence electrons. The van der Waals surface area contributed by atoms with Gasteiger partial charge in [-0.25, -0.2) is 4.98 Å². The Balaban J connectivity index is 1.74. The molecule has 2 aromatic carbocycles. The molecule has 1 unspecified atom stereocenters. The molecule has 8 heteroatoms. The number of hydrogen-bond donors (Lipinski definition) is 1. The van der Waals surface area contributed by atoms with E-state index in [9.17, 15) is 18.0 Å². The van der Waals surface area contributed by atoms with Crippen LogP contribution in [-0.4, -0.2) is 22.7 Å². The van der Waals surface area contributed by atoms with Gasteiger partial charge in [0, 0.05) is 22.8 Å². The van der Waals surface area contributed by atoms with E-state index in [1.807, 2.05) is 45.9 Å². The average Bonchev–Trinajstić information content (AvgIpc) is 3.22. The SMILES string of the molecule is Cc1cc(OCC(C)c2sc(-c3ccc(C(F)(F)F)cc3)nc2C(C)C)ccc1CCC(=O)O. The van der Waals surface area contributed by atoms with Gasteiger partial charge in [0.1, 0.15) is 10.8 Å². The highest BCUT2D eigenvalue weighted by atomic mass is 32.1. The predicted molar refractivity (Wildman–Crippen MR) is 128 cm³/mol. The van der Waals surface area contributed by atoms with Crippen molar-refractivity contribution in [1.29, 1.82) is 0 Å². The summed E-state index contributed by atoms with van der Waals surface area (Å²) in [6.45, 7) is 8.49. The van der Waals surface area contributed by atoms with Gasteiger partial charge in [0.15, 0.2) is 0 Å². The van der Waals surface area contributed by atoms with Crippen molar-refractivity contribution in [2.45, 2.75) is 58.5 Å². The second-order valence-electron chi connectivity index (χ2n) is 8.69. The van der Waals surface area contributed by atoms with Crippen molar-refractivity contribution in [3.63, 3.8) is 0 Å². The molecule has 0 aliphatic rings. The summed E-state index contributed by atoms with van der Waals surface area (Å²) in [6.07, 6.45) is -3.81. The molecule has 3 rings (SSSR count). The number of halogens is 3. The van der Waals surface area contributed by atoms with E-state index in [1.54, 1.807) is 0 Å². The number of carboxylic acids is 1. The summed E-state index contributed by atoms with van der Waals surface area (Å²) in [5.41, 5.74) is 2.87. The van der Waals surface area contributed by atoms with Crippen LogP contribution in [0, 0.1) is 6.92 Å². The van der Waals surface area contributed by atoms with E-state index >= 15 is 0 Å². The first-order chi connectivity index (χ1) is 16.0. The minimum absolute atomic E-state index is 0.0325. The van der Waals surface area contributed by atoms with Crippen LogP contribution in [0.3, 0.4) is 0 Å². The van der Waals surface area contributed by atoms with Gasteiger partial charge < -0.3 is 9.84 Å². The van der Waals surface area contributed by atoms with E-state index in [2.05, 4.69) is 0 Å². The second-order valence-corrected chi connectivity index (χ2v) is 9.72. The zero-order chi connectivity index (χ0) is 25.0. The van der Waals surface area contributed by atoms with Crippen molar-refractivity contribution in [1.82, 2.24) is 4.98 Å². The Labute approximate surface area is 201 Å². The molecular formula is C26H28F3NO3S. The molecule has 4 nitrogen and oxygen atoms in total. The van der Waals surface area contributed by atoms with Crippen LogP contribution in [0.5, 0.6) is 5.75 Å². The molecular weight excluding hydrogens is 463 g/mol. The Morgan fingerprint density at radius 2 is 1.79 bits per heavy atom. The van der Waals surface area contributed by atoms with Crippen LogP contribution >= 0.6 is 11.3 Å². The molecule has 0 spiro atoms. The third-order valence-electron chi connectivity index (χ3n) is 5.56. The van der Waals surface area contributed by atoms with Gasteiger partial charge in [-0.05, 0) is 54.7 Å². The van der Waals surface area contributed by atoms with Crippen molar-refractivity contribution in [2.24, 2.45) is 0 Å². The van der Waals surface area contributed by atoms with Crippen molar-refractivity contribution >= 4 is 17.3 Å². The highest BCUT2D eigenvalue weighted by Crippen LogP contribution is 2.38. The lowest BCUT2D eigenvalue weighted by atomic mass is 10.0. The molecule has 3 aromatic rings. The van der Waals surface area contributed by atoms with E-state index in [-0.39, 0.29) is 18.3 Å². The zero-order valence-corrected chi connectivity index (χ0v) is 20.4. The van der Waals surface area contributed by atoms with E-state index in [1.165, 1.54) is 23.5 Å². The van der Waals surface area contributed by atoms with Crippen LogP contribution in [0.1, 0.15) is 66.3 Å². The van der Waals surface area contributed by atoms with Gasteiger partial charge >= 0.3 is 12.1 Å². The zero-order valence-electron chi connectivity index (χ0n) is 19.6. The number of aliphatic carboxylic acids is 1. The molecule has 0 amide bonds. The van der Waals surface area contributed by atoms with Crippen LogP contribution in [-0.2, 0) is 17.4 Å². The Bertz CT molecular complexity index is 1140. The van der Waals surface area contributed by atoms with Crippen molar-refractivity contribution in [2.75, 3.05) is 6.61 Å². The largest absolute Gasteiger partial charge is 0.493 e. The molecule has 1 N–H and O–H groups in total. The highest BCUT2D eigenvalue weighted by molar-refractivity contribution is 7.15. The number of thiazole rings is 1. The summed E-state index contributed by atoms with van der Waals surface area (Å²) in [5, 5.41) is 9.57. The van der Waals surface area contributed by atoms with Gasteiger partial charge in [-0.15, -0.1) is 11.3 Å². The monoisotopic (exact) mass is 491 g/mol. The fourth-order valence-corrected chi connectivity index (χ4v) is 4.87. The van der Waals surface area contributed by atoms with Gasteiger partial charge in [0.05, 0.1) is 17.9 Å². The number of aryl methyl sites for hydroxylation is 2. The first-order valence-electron chi connectivity index (χ1n) is 11.1. The van der Waals surface area contributed by atoms with E-state index in [4.69, 9.17) is 14.8 Å². The van der Waals surface area contributed by atoms with E-state index in [0.717, 1.165) is 33.8 Å². The third-order valence-corrected chi connectivity index (χ3v) is 6.91. The Morgan fingerprint density at radius 1 is 1.12 bits per heavy atom. The number of nitrogens with zero attached hydrogens (tertiary/aromatic N) is 1. The summed E-state index contributed by atoms with van der Waals surface area (Å²) >= 11 is 1.48. The van der Waals surface area contributed by atoms with Gasteiger partial charge in [0.25, 0.3) is 0 Å². The molecule has 1 atom stereocenters. The van der Waals surface area contributed by atoms with Crippen LogP contribution in [0.4, 0.5) is 13.2 Å². The summed E-state index contributed by atoms with van der Waals surface area (Å²) in [6, 6.07) is 10.7. The van der Waals surface area contributed by atoms with Crippen molar-refractivity contribution in [3.8, 4) is 16.3 Å². The minimum atomic E-state index is -4.37. The molecule has 0 saturated carbocycles. The molecule has 0 bridgehead atoms. The fraction of sp³-hybridized carbons (Fsp3) is 0.385. The third kappa shape index (κ3) is 6.38. The second kappa shape index (κ2) is 10.6. The smallest absolute Gasteiger partial charge is 0.416 e. The molecule has 0 saturated heterocycles. The molecule has 0 radical (unpaired) electrons. The average molecular weight is 492 g/mol. The number of alkyl halides is 3. The number of aromatic nitrogens is 1. The lowest BCUT2D eigenvalue weighted by Gasteiger charge is -2.15. The molecule has 34 heavy (non-hydrogen) atoms. The van der Waals surface area contributed by atoms with Crippen LogP contribution < -0.4 is 4.74 Å². The van der Waals surface area contributed by atoms with Crippen molar-refractivity contribution in [3.05, 3.63) is 69.7 Å². The first-order valence-corrected chi connectivity index (χ1v) is 11.9. The molecule has 0 aliphatic heterocycles. The maximum absolute atomic E-state index is 12.9. The highest BCUT2D eigenvalue weighted by Gasteiger charge is 2.30. The number of ether oxygens (including phenoxy) is 1. The minimum Gasteiger partial charge on any atom is -0.493 e. The van der Waals surface area contributed by atoms with Crippen LogP contribution in [0.25, 0.3) is 10.6 Å². The van der Waals surface area contributed by atoms with Crippen LogP contribution in [0.2, 0.25) is 0 Å². The topological polar surface area (TPSA) is 59.4 Å². The number of carbonyl (C=O) groups is 1. The number of benzene rings is 2. The molecule has 0 aliphatic carbocycles. The van der Waals surface area contributed by atoms with E-state index in [0.29, 0.717) is 29.3 Å². The molecule has 1 aromatic heterocycles. The Hall–Kier alpha value is -2.87. The summed E-state index contributed by atoms with van der Waals surface area (Å²) in [7, 11) is 0. The predicted octanol–water partition coefficient (Wildman–Crippen LogP) is 7.46. The first kappa shape index (κ1) is 25.7. The summed E-state index contributed by atoms with van der Waals surface area (Å²) in [4.78, 5) is 16.6. The fourth-order valence-electron chi connectivity index (χ4n) is 3.61. The van der Waals surface area contributed by atoms with Gasteiger partial charge in [0.2, 0.25) is 0 Å². The maximum atomic E-state index is 12.9.